The van der Waals surface area contributed by atoms with Crippen LogP contribution in [-0.2, 0) is 16.0 Å². The zero-order chi connectivity index (χ0) is 19.6. The molecule has 2 aromatic rings. The molecule has 0 heterocycles. The van der Waals surface area contributed by atoms with Crippen LogP contribution in [0.15, 0.2) is 59.5 Å². The molecule has 2 rings (SSSR count). The number of nitrogens with one attached hydrogen (secondary N) is 1. The summed E-state index contributed by atoms with van der Waals surface area (Å²) in [5.41, 5.74) is 0.812. The summed E-state index contributed by atoms with van der Waals surface area (Å²) >= 11 is 1.49. The second-order valence-electron chi connectivity index (χ2n) is 6.12. The van der Waals surface area contributed by atoms with Crippen LogP contribution in [0, 0.1) is 5.92 Å². The lowest BCUT2D eigenvalue weighted by atomic mass is 9.98. The monoisotopic (exact) mass is 387 g/mol. The minimum atomic E-state index is -0.940. The third-order valence-electron chi connectivity index (χ3n) is 4.22. The van der Waals surface area contributed by atoms with Crippen LogP contribution < -0.4 is 10.1 Å². The number of hydrogen-bond donors (Lipinski definition) is 2. The van der Waals surface area contributed by atoms with Gasteiger partial charge in [-0.1, -0.05) is 43.3 Å². The molecule has 0 aliphatic rings. The Morgan fingerprint density at radius 2 is 1.78 bits per heavy atom. The van der Waals surface area contributed by atoms with Crippen molar-refractivity contribution in [1.82, 2.24) is 5.32 Å². The largest absolute Gasteiger partial charge is 0.496 e. The molecule has 27 heavy (non-hydrogen) atoms. The maximum absolute atomic E-state index is 12.5. The summed E-state index contributed by atoms with van der Waals surface area (Å²) < 4.78 is 5.29. The van der Waals surface area contributed by atoms with Crippen LogP contribution in [0.3, 0.4) is 0 Å². The van der Waals surface area contributed by atoms with Crippen LogP contribution in [0.4, 0.5) is 0 Å². The Morgan fingerprint density at radius 1 is 1.11 bits per heavy atom. The molecule has 0 radical (unpaired) electrons. The van der Waals surface area contributed by atoms with E-state index < -0.39 is 11.9 Å². The number of para-hydroxylation sites is 1. The normalized spacial score (nSPS) is 12.8. The summed E-state index contributed by atoms with van der Waals surface area (Å²) in [6.45, 7) is 2.03. The fourth-order valence-electron chi connectivity index (χ4n) is 2.71. The average Bonchev–Trinajstić information content (AvgIpc) is 2.69. The first-order chi connectivity index (χ1) is 13.0. The molecule has 2 N–H and O–H groups in total. The molecule has 1 amide bonds. The molecule has 5 nitrogen and oxygen atoms in total. The number of ether oxygens (including phenoxy) is 1. The Kier molecular flexibility index (Phi) is 8.20. The van der Waals surface area contributed by atoms with Gasteiger partial charge in [-0.3, -0.25) is 9.59 Å². The van der Waals surface area contributed by atoms with Crippen molar-refractivity contribution in [2.24, 2.45) is 5.92 Å². The number of aliphatic carboxylic acids is 1. The standard InChI is InChI=1S/C21H25NO4S/c1-3-19(27-17-10-5-4-6-11-17)20(23)22-14-16(21(24)25)13-15-9-7-8-12-18(15)26-2/h4-12,16,19H,3,13-14H2,1-2H3,(H,22,23)(H,24,25). The Bertz CT molecular complexity index is 751. The van der Waals surface area contributed by atoms with Gasteiger partial charge in [0.1, 0.15) is 5.75 Å². The molecule has 0 aliphatic carbocycles. The van der Waals surface area contributed by atoms with Crippen molar-refractivity contribution in [2.75, 3.05) is 13.7 Å². The molecule has 0 aromatic heterocycles. The zero-order valence-corrected chi connectivity index (χ0v) is 16.4. The third kappa shape index (κ3) is 6.32. The lowest BCUT2D eigenvalue weighted by Gasteiger charge is -2.18. The van der Waals surface area contributed by atoms with E-state index in [0.29, 0.717) is 18.6 Å². The van der Waals surface area contributed by atoms with Gasteiger partial charge in [-0.15, -0.1) is 11.8 Å². The lowest BCUT2D eigenvalue weighted by Crippen LogP contribution is -2.38. The maximum atomic E-state index is 12.5. The highest BCUT2D eigenvalue weighted by Gasteiger charge is 2.23. The molecule has 2 unspecified atom stereocenters. The van der Waals surface area contributed by atoms with Gasteiger partial charge in [0.25, 0.3) is 0 Å². The first-order valence-corrected chi connectivity index (χ1v) is 9.77. The molecule has 2 atom stereocenters. The zero-order valence-electron chi connectivity index (χ0n) is 15.6. The molecule has 0 aliphatic heterocycles. The van der Waals surface area contributed by atoms with Gasteiger partial charge in [0, 0.05) is 11.4 Å². The van der Waals surface area contributed by atoms with E-state index >= 15 is 0 Å². The van der Waals surface area contributed by atoms with Crippen molar-refractivity contribution < 1.29 is 19.4 Å². The number of carboxylic acid groups (broad SMARTS) is 1. The number of benzene rings is 2. The van der Waals surface area contributed by atoms with Crippen molar-refractivity contribution in [3.05, 3.63) is 60.2 Å². The van der Waals surface area contributed by atoms with E-state index in [1.54, 1.807) is 13.2 Å². The Balaban J connectivity index is 1.97. The predicted molar refractivity (Wildman–Crippen MR) is 107 cm³/mol. The minimum Gasteiger partial charge on any atom is -0.496 e. The molecule has 144 valence electrons. The molecule has 0 bridgehead atoms. The van der Waals surface area contributed by atoms with Gasteiger partial charge in [0.2, 0.25) is 5.91 Å². The summed E-state index contributed by atoms with van der Waals surface area (Å²) in [6, 6.07) is 17.0. The van der Waals surface area contributed by atoms with E-state index in [9.17, 15) is 14.7 Å². The molecule has 0 saturated carbocycles. The van der Waals surface area contributed by atoms with Gasteiger partial charge in [0.05, 0.1) is 18.3 Å². The Labute approximate surface area is 164 Å². The summed E-state index contributed by atoms with van der Waals surface area (Å²) in [7, 11) is 1.56. The van der Waals surface area contributed by atoms with Gasteiger partial charge in [-0.25, -0.2) is 0 Å². The van der Waals surface area contributed by atoms with E-state index in [1.807, 2.05) is 55.5 Å². The van der Waals surface area contributed by atoms with Crippen LogP contribution >= 0.6 is 11.8 Å². The van der Waals surface area contributed by atoms with Crippen LogP contribution in [-0.4, -0.2) is 35.9 Å². The second kappa shape index (κ2) is 10.6. The molecule has 0 fully saturated rings. The Hall–Kier alpha value is -2.47. The van der Waals surface area contributed by atoms with Crippen molar-refractivity contribution in [3.8, 4) is 5.75 Å². The van der Waals surface area contributed by atoms with E-state index in [2.05, 4.69) is 5.32 Å². The topological polar surface area (TPSA) is 75.6 Å². The summed E-state index contributed by atoms with van der Waals surface area (Å²) in [4.78, 5) is 25.2. The number of carboxylic acids is 1. The second-order valence-corrected chi connectivity index (χ2v) is 7.40. The van der Waals surface area contributed by atoms with Crippen molar-refractivity contribution in [2.45, 2.75) is 29.9 Å². The van der Waals surface area contributed by atoms with Gasteiger partial charge in [0.15, 0.2) is 0 Å². The number of methoxy groups -OCH3 is 1. The molecule has 0 spiro atoms. The van der Waals surface area contributed by atoms with E-state index in [4.69, 9.17) is 4.74 Å². The number of amides is 1. The number of carbonyl (C=O) groups is 2. The van der Waals surface area contributed by atoms with Gasteiger partial charge in [-0.05, 0) is 36.6 Å². The Morgan fingerprint density at radius 3 is 2.41 bits per heavy atom. The summed E-state index contributed by atoms with van der Waals surface area (Å²) in [6.07, 6.45) is 0.956. The first-order valence-electron chi connectivity index (χ1n) is 8.89. The van der Waals surface area contributed by atoms with Crippen molar-refractivity contribution in [1.29, 1.82) is 0 Å². The number of thioether (sulfide) groups is 1. The van der Waals surface area contributed by atoms with E-state index in [0.717, 1.165) is 10.5 Å². The number of rotatable bonds is 10. The summed E-state index contributed by atoms with van der Waals surface area (Å²) in [5.74, 6) is -1.15. The molecule has 0 saturated heterocycles. The number of carbonyl (C=O) groups excluding carboxylic acids is 1. The highest BCUT2D eigenvalue weighted by molar-refractivity contribution is 8.00. The molecule has 2 aromatic carbocycles. The van der Waals surface area contributed by atoms with E-state index in [1.165, 1.54) is 11.8 Å². The average molecular weight is 388 g/mol. The van der Waals surface area contributed by atoms with Gasteiger partial charge in [-0.2, -0.15) is 0 Å². The van der Waals surface area contributed by atoms with Crippen LogP contribution in [0.25, 0.3) is 0 Å². The lowest BCUT2D eigenvalue weighted by molar-refractivity contribution is -0.141. The van der Waals surface area contributed by atoms with E-state index in [-0.39, 0.29) is 17.7 Å². The smallest absolute Gasteiger partial charge is 0.308 e. The highest BCUT2D eigenvalue weighted by atomic mass is 32.2. The fraction of sp³-hybridized carbons (Fsp3) is 0.333. The quantitative estimate of drug-likeness (QED) is 0.609. The molecular weight excluding hydrogens is 362 g/mol. The molecule has 6 heteroatoms. The van der Waals surface area contributed by atoms with Gasteiger partial charge < -0.3 is 15.2 Å². The van der Waals surface area contributed by atoms with Gasteiger partial charge >= 0.3 is 5.97 Å². The molecular formula is C21H25NO4S. The fourth-order valence-corrected chi connectivity index (χ4v) is 3.71. The maximum Gasteiger partial charge on any atom is 0.308 e. The van der Waals surface area contributed by atoms with Crippen LogP contribution in [0.5, 0.6) is 5.75 Å². The van der Waals surface area contributed by atoms with Crippen LogP contribution in [0.2, 0.25) is 0 Å². The van der Waals surface area contributed by atoms with Crippen molar-refractivity contribution >= 4 is 23.6 Å². The predicted octanol–water partition coefficient (Wildman–Crippen LogP) is 3.63. The third-order valence-corrected chi connectivity index (χ3v) is 5.59. The summed E-state index contributed by atoms with van der Waals surface area (Å²) in [5, 5.41) is 12.1. The highest BCUT2D eigenvalue weighted by Crippen LogP contribution is 2.25. The van der Waals surface area contributed by atoms with Crippen LogP contribution in [0.1, 0.15) is 18.9 Å². The number of hydrogen-bond acceptors (Lipinski definition) is 4. The van der Waals surface area contributed by atoms with Crippen molar-refractivity contribution in [3.63, 3.8) is 0 Å². The first kappa shape index (κ1) is 20.8. The SMILES string of the molecule is CCC(Sc1ccccc1)C(=O)NCC(Cc1ccccc1OC)C(=O)O. The minimum absolute atomic E-state index is 0.0814.